The summed E-state index contributed by atoms with van der Waals surface area (Å²) in [5.74, 6) is 0.0842. The molecule has 0 spiro atoms. The summed E-state index contributed by atoms with van der Waals surface area (Å²) in [5, 5.41) is 7.74. The highest BCUT2D eigenvalue weighted by Crippen LogP contribution is 2.27. The zero-order valence-electron chi connectivity index (χ0n) is 16.0. The fourth-order valence-electron chi connectivity index (χ4n) is 3.16. The molecule has 4 aromatic rings. The third-order valence-electron chi connectivity index (χ3n) is 4.66. The molecule has 2 aromatic heterocycles. The van der Waals surface area contributed by atoms with Crippen molar-refractivity contribution in [2.75, 3.05) is 7.11 Å². The van der Waals surface area contributed by atoms with Gasteiger partial charge >= 0.3 is 0 Å². The Balaban J connectivity index is 1.71. The van der Waals surface area contributed by atoms with Gasteiger partial charge in [-0.05, 0) is 35.9 Å². The smallest absolute Gasteiger partial charge is 0.252 e. The lowest BCUT2D eigenvalue weighted by Crippen LogP contribution is -2.23. The molecule has 0 aliphatic heterocycles. The normalized spacial score (nSPS) is 10.9. The number of ether oxygens (including phenoxy) is 1. The molecular weight excluding hydrogens is 371 g/mol. The van der Waals surface area contributed by atoms with E-state index in [2.05, 4.69) is 15.4 Å². The molecule has 0 unspecified atom stereocenters. The van der Waals surface area contributed by atoms with Crippen LogP contribution in [0.4, 0.5) is 4.39 Å². The summed E-state index contributed by atoms with van der Waals surface area (Å²) in [6.45, 7) is 0.217. The third kappa shape index (κ3) is 3.80. The maximum Gasteiger partial charge on any atom is 0.252 e. The number of carbonyl (C=O) groups excluding carboxylic acids is 1. The van der Waals surface area contributed by atoms with E-state index in [1.54, 1.807) is 43.2 Å². The summed E-state index contributed by atoms with van der Waals surface area (Å²) < 4.78 is 20.3. The maximum atomic E-state index is 13.4. The van der Waals surface area contributed by atoms with Gasteiger partial charge in [0.2, 0.25) is 0 Å². The Morgan fingerprint density at radius 1 is 1.17 bits per heavy atom. The van der Waals surface area contributed by atoms with Gasteiger partial charge < -0.3 is 10.1 Å². The molecule has 0 fully saturated rings. The lowest BCUT2D eigenvalue weighted by Gasteiger charge is -2.10. The number of rotatable bonds is 5. The molecule has 1 N–H and O–H groups in total. The first-order valence-electron chi connectivity index (χ1n) is 9.05. The van der Waals surface area contributed by atoms with E-state index in [0.717, 1.165) is 5.56 Å². The largest absolute Gasteiger partial charge is 0.497 e. The van der Waals surface area contributed by atoms with E-state index in [0.29, 0.717) is 33.6 Å². The van der Waals surface area contributed by atoms with Gasteiger partial charge in [0.1, 0.15) is 11.6 Å². The van der Waals surface area contributed by atoms with Crippen molar-refractivity contribution < 1.29 is 13.9 Å². The molecule has 0 aliphatic rings. The van der Waals surface area contributed by atoms with Crippen molar-refractivity contribution in [1.29, 1.82) is 0 Å². The summed E-state index contributed by atoms with van der Waals surface area (Å²) in [5.41, 5.74) is 3.20. The standard InChI is InChI=1S/C22H19FN4O2/c1-27-21-19(13-25-27)18(22(28)24-12-14-5-3-7-16(23)9-14)11-20(26-21)15-6-4-8-17(10-15)29-2/h3-11,13H,12H2,1-2H3,(H,24,28). The van der Waals surface area contributed by atoms with Gasteiger partial charge in [0.25, 0.3) is 5.91 Å². The van der Waals surface area contributed by atoms with Crippen LogP contribution < -0.4 is 10.1 Å². The number of methoxy groups -OCH3 is 1. The fraction of sp³-hybridized carbons (Fsp3) is 0.136. The fourth-order valence-corrected chi connectivity index (χ4v) is 3.16. The number of carbonyl (C=O) groups is 1. The molecule has 0 atom stereocenters. The van der Waals surface area contributed by atoms with Crippen LogP contribution >= 0.6 is 0 Å². The van der Waals surface area contributed by atoms with E-state index in [4.69, 9.17) is 4.74 Å². The summed E-state index contributed by atoms with van der Waals surface area (Å²) in [7, 11) is 3.38. The zero-order chi connectivity index (χ0) is 20.4. The van der Waals surface area contributed by atoms with E-state index in [9.17, 15) is 9.18 Å². The highest BCUT2D eigenvalue weighted by molar-refractivity contribution is 6.06. The quantitative estimate of drug-likeness (QED) is 0.564. The molecule has 0 radical (unpaired) electrons. The molecule has 7 heteroatoms. The van der Waals surface area contributed by atoms with Crippen molar-refractivity contribution in [2.24, 2.45) is 7.05 Å². The first-order chi connectivity index (χ1) is 14.0. The number of halogens is 1. The highest BCUT2D eigenvalue weighted by atomic mass is 19.1. The van der Waals surface area contributed by atoms with Crippen molar-refractivity contribution in [3.8, 4) is 17.0 Å². The Morgan fingerprint density at radius 3 is 2.79 bits per heavy atom. The van der Waals surface area contributed by atoms with Crippen molar-refractivity contribution in [3.63, 3.8) is 0 Å². The SMILES string of the molecule is COc1cccc(-c2cc(C(=O)NCc3cccc(F)c3)c3cnn(C)c3n2)c1. The van der Waals surface area contributed by atoms with E-state index in [-0.39, 0.29) is 18.3 Å². The van der Waals surface area contributed by atoms with Crippen LogP contribution in [0.15, 0.2) is 60.8 Å². The lowest BCUT2D eigenvalue weighted by atomic mass is 10.1. The van der Waals surface area contributed by atoms with Gasteiger partial charge in [0.15, 0.2) is 5.65 Å². The van der Waals surface area contributed by atoms with Gasteiger partial charge in [-0.25, -0.2) is 9.37 Å². The number of fused-ring (bicyclic) bond motifs is 1. The topological polar surface area (TPSA) is 69.0 Å². The van der Waals surface area contributed by atoms with Gasteiger partial charge in [0.05, 0.1) is 30.0 Å². The Hall–Kier alpha value is -3.74. The third-order valence-corrected chi connectivity index (χ3v) is 4.66. The Kier molecular flexibility index (Phi) is 4.95. The molecular formula is C22H19FN4O2. The van der Waals surface area contributed by atoms with Crippen LogP contribution in [-0.4, -0.2) is 27.8 Å². The molecule has 4 rings (SSSR count). The second kappa shape index (κ2) is 7.71. The number of amides is 1. The second-order valence-corrected chi connectivity index (χ2v) is 6.61. The number of benzene rings is 2. The molecule has 0 aliphatic carbocycles. The van der Waals surface area contributed by atoms with Gasteiger partial charge in [0, 0.05) is 19.2 Å². The number of aryl methyl sites for hydroxylation is 1. The minimum absolute atomic E-state index is 0.217. The van der Waals surface area contributed by atoms with E-state index >= 15 is 0 Å². The first kappa shape index (κ1) is 18.6. The van der Waals surface area contributed by atoms with Crippen LogP contribution in [-0.2, 0) is 13.6 Å². The summed E-state index contributed by atoms with van der Waals surface area (Å²) in [6, 6.07) is 15.4. The Morgan fingerprint density at radius 2 is 2.00 bits per heavy atom. The molecule has 6 nitrogen and oxygen atoms in total. The van der Waals surface area contributed by atoms with Crippen molar-refractivity contribution in [1.82, 2.24) is 20.1 Å². The van der Waals surface area contributed by atoms with Gasteiger partial charge in [-0.1, -0.05) is 24.3 Å². The summed E-state index contributed by atoms with van der Waals surface area (Å²) >= 11 is 0. The lowest BCUT2D eigenvalue weighted by molar-refractivity contribution is 0.0952. The number of nitrogens with one attached hydrogen (secondary N) is 1. The zero-order valence-corrected chi connectivity index (χ0v) is 16.0. The molecule has 29 heavy (non-hydrogen) atoms. The van der Waals surface area contributed by atoms with Gasteiger partial charge in [-0.15, -0.1) is 0 Å². The highest BCUT2D eigenvalue weighted by Gasteiger charge is 2.17. The van der Waals surface area contributed by atoms with Crippen molar-refractivity contribution in [2.45, 2.75) is 6.54 Å². The number of hydrogen-bond acceptors (Lipinski definition) is 4. The van der Waals surface area contributed by atoms with Crippen LogP contribution in [0, 0.1) is 5.82 Å². The molecule has 1 amide bonds. The maximum absolute atomic E-state index is 13.4. The number of aromatic nitrogens is 3. The van der Waals surface area contributed by atoms with E-state index in [1.165, 1.54) is 12.1 Å². The summed E-state index contributed by atoms with van der Waals surface area (Å²) in [4.78, 5) is 17.6. The van der Waals surface area contributed by atoms with Crippen LogP contribution in [0.2, 0.25) is 0 Å². The number of nitrogens with zero attached hydrogens (tertiary/aromatic N) is 3. The number of hydrogen-bond donors (Lipinski definition) is 1. The monoisotopic (exact) mass is 390 g/mol. The predicted molar refractivity (Wildman–Crippen MR) is 108 cm³/mol. The van der Waals surface area contributed by atoms with Crippen LogP contribution in [0.5, 0.6) is 5.75 Å². The summed E-state index contributed by atoms with van der Waals surface area (Å²) in [6.07, 6.45) is 1.62. The van der Waals surface area contributed by atoms with Gasteiger partial charge in [-0.2, -0.15) is 5.10 Å². The minimum Gasteiger partial charge on any atom is -0.497 e. The Bertz CT molecular complexity index is 1200. The molecule has 2 aromatic carbocycles. The van der Waals surface area contributed by atoms with Crippen LogP contribution in [0.1, 0.15) is 15.9 Å². The van der Waals surface area contributed by atoms with Crippen molar-refractivity contribution in [3.05, 3.63) is 77.7 Å². The average molecular weight is 390 g/mol. The molecule has 146 valence electrons. The van der Waals surface area contributed by atoms with Crippen LogP contribution in [0.25, 0.3) is 22.3 Å². The van der Waals surface area contributed by atoms with Crippen molar-refractivity contribution >= 4 is 16.9 Å². The predicted octanol–water partition coefficient (Wildman–Crippen LogP) is 3.71. The average Bonchev–Trinajstić information content (AvgIpc) is 3.12. The van der Waals surface area contributed by atoms with Gasteiger partial charge in [-0.3, -0.25) is 9.48 Å². The molecule has 0 saturated heterocycles. The molecule has 0 saturated carbocycles. The Labute approximate surface area is 167 Å². The second-order valence-electron chi connectivity index (χ2n) is 6.61. The first-order valence-corrected chi connectivity index (χ1v) is 9.05. The minimum atomic E-state index is -0.337. The number of pyridine rings is 1. The molecule has 2 heterocycles. The van der Waals surface area contributed by atoms with E-state index < -0.39 is 0 Å². The van der Waals surface area contributed by atoms with Crippen LogP contribution in [0.3, 0.4) is 0 Å². The molecule has 0 bridgehead atoms. The van der Waals surface area contributed by atoms with E-state index in [1.807, 2.05) is 24.3 Å².